The van der Waals surface area contributed by atoms with E-state index in [0.29, 0.717) is 33.6 Å². The minimum absolute atomic E-state index is 0. The fraction of sp³-hybridized carbons (Fsp3) is 0.316. The van der Waals surface area contributed by atoms with Crippen molar-refractivity contribution in [3.8, 4) is 11.3 Å². The number of nitrogens with zero attached hydrogens (tertiary/aromatic N) is 2. The molecule has 1 fully saturated rings. The van der Waals surface area contributed by atoms with E-state index in [-0.39, 0.29) is 30.2 Å². The SMILES string of the molecule is Cc1noc2nc(-c3ccc(F)cc3)cc(C(=O)NC3CCCNC3)c12.Cl. The lowest BCUT2D eigenvalue weighted by Crippen LogP contribution is -2.45. The minimum Gasteiger partial charge on any atom is -0.348 e. The number of hydrogen-bond acceptors (Lipinski definition) is 5. The summed E-state index contributed by atoms with van der Waals surface area (Å²) in [6, 6.07) is 7.78. The van der Waals surface area contributed by atoms with E-state index in [2.05, 4.69) is 20.8 Å². The molecule has 3 heterocycles. The lowest BCUT2D eigenvalue weighted by atomic mass is 10.0. The fourth-order valence-corrected chi connectivity index (χ4v) is 3.28. The zero-order valence-corrected chi connectivity index (χ0v) is 15.6. The van der Waals surface area contributed by atoms with Gasteiger partial charge in [0.05, 0.1) is 22.3 Å². The van der Waals surface area contributed by atoms with Gasteiger partial charge in [-0.2, -0.15) is 0 Å². The maximum Gasteiger partial charge on any atom is 0.259 e. The fourth-order valence-electron chi connectivity index (χ4n) is 3.28. The monoisotopic (exact) mass is 390 g/mol. The molecule has 0 saturated carbocycles. The van der Waals surface area contributed by atoms with Crippen LogP contribution in [0.25, 0.3) is 22.4 Å². The molecule has 6 nitrogen and oxygen atoms in total. The van der Waals surface area contributed by atoms with Gasteiger partial charge in [-0.05, 0) is 56.6 Å². The van der Waals surface area contributed by atoms with E-state index in [0.717, 1.165) is 25.9 Å². The molecule has 0 bridgehead atoms. The summed E-state index contributed by atoms with van der Waals surface area (Å²) >= 11 is 0. The molecule has 4 rings (SSSR count). The lowest BCUT2D eigenvalue weighted by molar-refractivity contribution is 0.0932. The molecule has 8 heteroatoms. The molecule has 1 aromatic carbocycles. The van der Waals surface area contributed by atoms with Gasteiger partial charge in [0.1, 0.15) is 5.82 Å². The number of nitrogens with one attached hydrogen (secondary N) is 2. The smallest absolute Gasteiger partial charge is 0.259 e. The topological polar surface area (TPSA) is 80.0 Å². The molecular weight excluding hydrogens is 371 g/mol. The van der Waals surface area contributed by atoms with Gasteiger partial charge < -0.3 is 15.2 Å². The molecule has 27 heavy (non-hydrogen) atoms. The van der Waals surface area contributed by atoms with Gasteiger partial charge in [-0.25, -0.2) is 9.37 Å². The number of rotatable bonds is 3. The molecule has 0 aliphatic carbocycles. The Kier molecular flexibility index (Phi) is 5.72. The molecule has 2 aromatic heterocycles. The van der Waals surface area contributed by atoms with E-state index in [1.165, 1.54) is 12.1 Å². The first-order chi connectivity index (χ1) is 12.6. The van der Waals surface area contributed by atoms with Crippen LogP contribution in [0.5, 0.6) is 0 Å². The highest BCUT2D eigenvalue weighted by atomic mass is 35.5. The third-order valence-electron chi connectivity index (χ3n) is 4.63. The van der Waals surface area contributed by atoms with Crippen LogP contribution in [-0.4, -0.2) is 35.2 Å². The summed E-state index contributed by atoms with van der Waals surface area (Å²) in [6.07, 6.45) is 1.98. The van der Waals surface area contributed by atoms with Crippen LogP contribution in [0, 0.1) is 12.7 Å². The molecule has 1 atom stereocenters. The van der Waals surface area contributed by atoms with Crippen molar-refractivity contribution in [3.63, 3.8) is 0 Å². The molecule has 1 saturated heterocycles. The third kappa shape index (κ3) is 3.94. The molecular formula is C19H20ClFN4O2. The molecule has 142 valence electrons. The van der Waals surface area contributed by atoms with Crippen molar-refractivity contribution >= 4 is 29.4 Å². The van der Waals surface area contributed by atoms with Crippen molar-refractivity contribution < 1.29 is 13.7 Å². The Labute approximate surface area is 161 Å². The second-order valence-corrected chi connectivity index (χ2v) is 6.53. The molecule has 3 aromatic rings. The van der Waals surface area contributed by atoms with E-state index < -0.39 is 0 Å². The van der Waals surface area contributed by atoms with Gasteiger partial charge in [0, 0.05) is 18.2 Å². The van der Waals surface area contributed by atoms with E-state index in [1.54, 1.807) is 25.1 Å². The second-order valence-electron chi connectivity index (χ2n) is 6.53. The summed E-state index contributed by atoms with van der Waals surface area (Å²) in [4.78, 5) is 17.4. The van der Waals surface area contributed by atoms with E-state index in [1.807, 2.05) is 0 Å². The molecule has 1 unspecified atom stereocenters. The number of carbonyl (C=O) groups is 1. The predicted octanol–water partition coefficient (Wildman–Crippen LogP) is 3.24. The number of carbonyl (C=O) groups excluding carboxylic acids is 1. The molecule has 0 radical (unpaired) electrons. The number of fused-ring (bicyclic) bond motifs is 1. The number of aromatic nitrogens is 2. The maximum absolute atomic E-state index is 13.2. The zero-order chi connectivity index (χ0) is 18.1. The number of pyridine rings is 1. The lowest BCUT2D eigenvalue weighted by Gasteiger charge is -2.24. The van der Waals surface area contributed by atoms with Crippen LogP contribution in [-0.2, 0) is 0 Å². The van der Waals surface area contributed by atoms with Crippen LogP contribution in [0.15, 0.2) is 34.9 Å². The highest BCUT2D eigenvalue weighted by Gasteiger charge is 2.22. The number of aryl methyl sites for hydroxylation is 1. The summed E-state index contributed by atoms with van der Waals surface area (Å²) < 4.78 is 18.5. The van der Waals surface area contributed by atoms with Crippen molar-refractivity contribution in [1.82, 2.24) is 20.8 Å². The van der Waals surface area contributed by atoms with Crippen molar-refractivity contribution in [1.29, 1.82) is 0 Å². The Hall–Kier alpha value is -2.51. The summed E-state index contributed by atoms with van der Waals surface area (Å²) in [5, 5.41) is 10.9. The Morgan fingerprint density at radius 1 is 1.33 bits per heavy atom. The summed E-state index contributed by atoms with van der Waals surface area (Å²) in [5.41, 5.74) is 2.64. The molecule has 1 amide bonds. The van der Waals surface area contributed by atoms with Crippen LogP contribution in [0.1, 0.15) is 28.9 Å². The summed E-state index contributed by atoms with van der Waals surface area (Å²) in [7, 11) is 0. The van der Waals surface area contributed by atoms with E-state index >= 15 is 0 Å². The molecule has 0 spiro atoms. The largest absolute Gasteiger partial charge is 0.348 e. The summed E-state index contributed by atoms with van der Waals surface area (Å²) in [5.74, 6) is -0.506. The first-order valence-electron chi connectivity index (χ1n) is 8.66. The number of benzene rings is 1. The third-order valence-corrected chi connectivity index (χ3v) is 4.63. The van der Waals surface area contributed by atoms with Gasteiger partial charge in [-0.3, -0.25) is 4.79 Å². The number of hydrogen-bond donors (Lipinski definition) is 2. The Morgan fingerprint density at radius 2 is 2.11 bits per heavy atom. The average Bonchev–Trinajstić information content (AvgIpc) is 3.03. The standard InChI is InChI=1S/C19H19FN4O2.ClH/c1-11-17-15(18(25)22-14-3-2-8-21-10-14)9-16(23-19(17)26-24-11)12-4-6-13(20)7-5-12;/h4-7,9,14,21H,2-3,8,10H2,1H3,(H,22,25);1H. The summed E-state index contributed by atoms with van der Waals surface area (Å²) in [6.45, 7) is 3.52. The maximum atomic E-state index is 13.2. The van der Waals surface area contributed by atoms with Gasteiger partial charge in [-0.1, -0.05) is 5.16 Å². The van der Waals surface area contributed by atoms with Crippen LogP contribution < -0.4 is 10.6 Å². The van der Waals surface area contributed by atoms with Crippen molar-refractivity contribution in [3.05, 3.63) is 47.4 Å². The minimum atomic E-state index is -0.326. The quantitative estimate of drug-likeness (QED) is 0.717. The normalized spacial score (nSPS) is 16.7. The van der Waals surface area contributed by atoms with Gasteiger partial charge in [0.15, 0.2) is 0 Å². The second kappa shape index (κ2) is 8.02. The first kappa shape index (κ1) is 19.3. The van der Waals surface area contributed by atoms with Crippen LogP contribution in [0.3, 0.4) is 0 Å². The zero-order valence-electron chi connectivity index (χ0n) is 14.8. The van der Waals surface area contributed by atoms with Crippen molar-refractivity contribution in [2.24, 2.45) is 0 Å². The van der Waals surface area contributed by atoms with E-state index in [9.17, 15) is 9.18 Å². The van der Waals surface area contributed by atoms with Crippen LogP contribution in [0.4, 0.5) is 4.39 Å². The van der Waals surface area contributed by atoms with E-state index in [4.69, 9.17) is 4.52 Å². The number of piperidine rings is 1. The molecule has 1 aliphatic heterocycles. The Morgan fingerprint density at radius 3 is 2.81 bits per heavy atom. The first-order valence-corrected chi connectivity index (χ1v) is 8.66. The van der Waals surface area contributed by atoms with Crippen LogP contribution >= 0.6 is 12.4 Å². The van der Waals surface area contributed by atoms with Gasteiger partial charge in [-0.15, -0.1) is 12.4 Å². The van der Waals surface area contributed by atoms with Crippen LogP contribution in [0.2, 0.25) is 0 Å². The van der Waals surface area contributed by atoms with Gasteiger partial charge >= 0.3 is 0 Å². The van der Waals surface area contributed by atoms with Crippen molar-refractivity contribution in [2.45, 2.75) is 25.8 Å². The number of halogens is 2. The number of amides is 1. The molecule has 2 N–H and O–H groups in total. The van der Waals surface area contributed by atoms with Crippen molar-refractivity contribution in [2.75, 3.05) is 13.1 Å². The molecule has 1 aliphatic rings. The predicted molar refractivity (Wildman–Crippen MR) is 103 cm³/mol. The average molecular weight is 391 g/mol. The highest BCUT2D eigenvalue weighted by Crippen LogP contribution is 2.27. The van der Waals surface area contributed by atoms with Gasteiger partial charge in [0.25, 0.3) is 11.6 Å². The Bertz CT molecular complexity index is 952. The Balaban J connectivity index is 0.00000210. The van der Waals surface area contributed by atoms with Gasteiger partial charge in [0.2, 0.25) is 0 Å². The highest BCUT2D eigenvalue weighted by molar-refractivity contribution is 6.07.